The molecule has 0 spiro atoms. The zero-order chi connectivity index (χ0) is 5.98. The van der Waals surface area contributed by atoms with Gasteiger partial charge in [-0.25, -0.2) is 0 Å². The van der Waals surface area contributed by atoms with Crippen molar-refractivity contribution in [3.05, 3.63) is 27.5 Å². The molecule has 42 valence electrons. The Bertz CT molecular complexity index is 177. The van der Waals surface area contributed by atoms with Crippen molar-refractivity contribution in [2.75, 3.05) is 6.54 Å². The Morgan fingerprint density at radius 2 is 2.62 bits per heavy atom. The van der Waals surface area contributed by atoms with Gasteiger partial charge in [0.15, 0.2) is 0 Å². The summed E-state index contributed by atoms with van der Waals surface area (Å²) >= 11 is 0. The Morgan fingerprint density at radius 1 is 2.00 bits per heavy atom. The van der Waals surface area contributed by atoms with Crippen LogP contribution in [0.3, 0.4) is 0 Å². The van der Waals surface area contributed by atoms with E-state index in [0.717, 1.165) is 12.0 Å². The van der Waals surface area contributed by atoms with Gasteiger partial charge in [0, 0.05) is 16.9 Å². The second-order valence-corrected chi connectivity index (χ2v) is 1.65. The summed E-state index contributed by atoms with van der Waals surface area (Å²) in [5, 5.41) is 9.73. The first-order valence-corrected chi connectivity index (χ1v) is 2.34. The molecule has 0 unspecified atom stereocenters. The lowest BCUT2D eigenvalue weighted by Gasteiger charge is -1.98. The van der Waals surface area contributed by atoms with Crippen LogP contribution in [0.5, 0.6) is 0 Å². The van der Waals surface area contributed by atoms with Crippen LogP contribution in [0.25, 0.3) is 0 Å². The van der Waals surface area contributed by atoms with Crippen LogP contribution in [0, 0.1) is 10.1 Å². The van der Waals surface area contributed by atoms with E-state index < -0.39 is 0 Å². The van der Waals surface area contributed by atoms with Gasteiger partial charge in [-0.15, -0.1) is 5.73 Å². The van der Waals surface area contributed by atoms with Gasteiger partial charge < -0.3 is 0 Å². The van der Waals surface area contributed by atoms with Crippen LogP contribution in [0.2, 0.25) is 0 Å². The molecule has 0 atom stereocenters. The zero-order valence-electron chi connectivity index (χ0n) is 4.26. The molecule has 0 saturated carbocycles. The maximum absolute atomic E-state index is 9.73. The van der Waals surface area contributed by atoms with Gasteiger partial charge in [-0.05, 0) is 6.08 Å². The van der Waals surface area contributed by atoms with Crippen molar-refractivity contribution in [3.8, 4) is 0 Å². The lowest BCUT2D eigenvalue weighted by molar-refractivity contribution is -0.471. The van der Waals surface area contributed by atoms with E-state index in [0.29, 0.717) is 0 Å². The quantitative estimate of drug-likeness (QED) is 0.300. The molecular formula is C5H5NO2. The van der Waals surface area contributed by atoms with Crippen LogP contribution in [-0.2, 0) is 0 Å². The fourth-order valence-corrected chi connectivity index (χ4v) is 0.512. The second-order valence-electron chi connectivity index (χ2n) is 1.65. The second kappa shape index (κ2) is 1.80. The molecular weight excluding hydrogens is 106 g/mol. The number of hydrogen-bond donors (Lipinski definition) is 0. The molecule has 0 radical (unpaired) electrons. The van der Waals surface area contributed by atoms with E-state index in [1.54, 1.807) is 6.08 Å². The average molecular weight is 111 g/mol. The highest BCUT2D eigenvalue weighted by Gasteiger charge is 2.06. The normalized spacial score (nSPS) is 14.8. The van der Waals surface area contributed by atoms with Gasteiger partial charge >= 0.3 is 0 Å². The molecule has 0 aliphatic heterocycles. The van der Waals surface area contributed by atoms with Crippen LogP contribution >= 0.6 is 0 Å². The van der Waals surface area contributed by atoms with E-state index in [4.69, 9.17) is 0 Å². The number of hydrogen-bond acceptors (Lipinski definition) is 2. The largest absolute Gasteiger partial charge is 0.264 e. The van der Waals surface area contributed by atoms with Crippen molar-refractivity contribution in [1.29, 1.82) is 0 Å². The summed E-state index contributed by atoms with van der Waals surface area (Å²) in [7, 11) is 0. The van der Waals surface area contributed by atoms with E-state index in [9.17, 15) is 10.1 Å². The van der Waals surface area contributed by atoms with Crippen molar-refractivity contribution in [3.63, 3.8) is 0 Å². The van der Waals surface area contributed by atoms with Crippen LogP contribution in [0.15, 0.2) is 17.4 Å². The van der Waals surface area contributed by atoms with Crippen molar-refractivity contribution in [1.82, 2.24) is 0 Å². The summed E-state index contributed by atoms with van der Waals surface area (Å²) in [6.07, 6.45) is 2.54. The first-order valence-electron chi connectivity index (χ1n) is 2.34. The van der Waals surface area contributed by atoms with Gasteiger partial charge in [-0.3, -0.25) is 10.1 Å². The highest BCUT2D eigenvalue weighted by Crippen LogP contribution is 2.07. The van der Waals surface area contributed by atoms with E-state index in [-0.39, 0.29) is 11.5 Å². The maximum Gasteiger partial charge on any atom is 0.232 e. The molecule has 0 aromatic carbocycles. The minimum atomic E-state index is -0.338. The Hall–Kier alpha value is -1.08. The fraction of sp³-hybridized carbons (Fsp3) is 0.400. The highest BCUT2D eigenvalue weighted by molar-refractivity contribution is 5.15. The third-order valence-electron chi connectivity index (χ3n) is 0.975. The monoisotopic (exact) mass is 111 g/mol. The molecule has 0 aromatic heterocycles. The molecule has 1 rings (SSSR count). The Labute approximate surface area is 46.5 Å². The van der Waals surface area contributed by atoms with Gasteiger partial charge in [-0.1, -0.05) is 0 Å². The summed E-state index contributed by atoms with van der Waals surface area (Å²) in [5.74, 6) is 0. The van der Waals surface area contributed by atoms with Crippen LogP contribution in [0.4, 0.5) is 0 Å². The van der Waals surface area contributed by atoms with Gasteiger partial charge in [0.05, 0.1) is 0 Å². The van der Waals surface area contributed by atoms with Crippen LogP contribution in [-0.4, -0.2) is 11.5 Å². The summed E-state index contributed by atoms with van der Waals surface area (Å²) in [6.45, 7) is -0.0313. The van der Waals surface area contributed by atoms with Gasteiger partial charge in [0.2, 0.25) is 6.54 Å². The summed E-state index contributed by atoms with van der Waals surface area (Å²) in [6, 6.07) is 0. The SMILES string of the molecule is O=[N+]([O-])CC1=C=CC1. The molecule has 3 nitrogen and oxygen atoms in total. The third-order valence-corrected chi connectivity index (χ3v) is 0.975. The number of rotatable bonds is 2. The number of nitrogens with zero attached hydrogens (tertiary/aromatic N) is 1. The molecule has 0 bridgehead atoms. The van der Waals surface area contributed by atoms with Crippen molar-refractivity contribution >= 4 is 0 Å². The zero-order valence-corrected chi connectivity index (χ0v) is 4.26. The molecule has 0 saturated heterocycles. The predicted molar refractivity (Wildman–Crippen MR) is 28.1 cm³/mol. The third kappa shape index (κ3) is 0.950. The predicted octanol–water partition coefficient (Wildman–Crippen LogP) is 0.748. The maximum atomic E-state index is 9.73. The first kappa shape index (κ1) is 5.06. The lowest BCUT2D eigenvalue weighted by Crippen LogP contribution is -2.04. The van der Waals surface area contributed by atoms with Crippen molar-refractivity contribution < 1.29 is 4.92 Å². The summed E-state index contributed by atoms with van der Waals surface area (Å²) in [4.78, 5) is 9.40. The van der Waals surface area contributed by atoms with E-state index >= 15 is 0 Å². The van der Waals surface area contributed by atoms with Crippen molar-refractivity contribution in [2.45, 2.75) is 6.42 Å². The van der Waals surface area contributed by atoms with Crippen LogP contribution < -0.4 is 0 Å². The Kier molecular flexibility index (Phi) is 1.14. The fourth-order valence-electron chi connectivity index (χ4n) is 0.512. The topological polar surface area (TPSA) is 43.1 Å². The molecule has 0 amide bonds. The summed E-state index contributed by atoms with van der Waals surface area (Å²) in [5.41, 5.74) is 3.53. The average Bonchev–Trinajstić information content (AvgIpc) is 1.55. The molecule has 0 N–H and O–H groups in total. The van der Waals surface area contributed by atoms with E-state index in [1.807, 2.05) is 0 Å². The minimum Gasteiger partial charge on any atom is -0.264 e. The van der Waals surface area contributed by atoms with E-state index in [1.165, 1.54) is 0 Å². The standard InChI is InChI=1S/C5H5NO2/c7-6(8)4-5-2-1-3-5/h1H,2,4H2. The number of nitro groups is 1. The smallest absolute Gasteiger partial charge is 0.232 e. The Morgan fingerprint density at radius 3 is 2.75 bits per heavy atom. The molecule has 0 heterocycles. The molecule has 1 aliphatic carbocycles. The molecule has 0 fully saturated rings. The minimum absolute atomic E-state index is 0.0313. The van der Waals surface area contributed by atoms with Gasteiger partial charge in [0.1, 0.15) is 0 Å². The van der Waals surface area contributed by atoms with Crippen LogP contribution in [0.1, 0.15) is 6.42 Å². The molecule has 0 aromatic rings. The highest BCUT2D eigenvalue weighted by atomic mass is 16.6. The van der Waals surface area contributed by atoms with Gasteiger partial charge in [-0.2, -0.15) is 0 Å². The van der Waals surface area contributed by atoms with E-state index in [2.05, 4.69) is 5.73 Å². The molecule has 8 heavy (non-hydrogen) atoms. The van der Waals surface area contributed by atoms with Crippen molar-refractivity contribution in [2.24, 2.45) is 0 Å². The molecule has 3 heteroatoms. The summed E-state index contributed by atoms with van der Waals surface area (Å²) < 4.78 is 0. The lowest BCUT2D eigenvalue weighted by atomic mass is 10.1. The first-order chi connectivity index (χ1) is 3.79. The van der Waals surface area contributed by atoms with Gasteiger partial charge in [0.25, 0.3) is 0 Å². The Balaban J connectivity index is 2.41. The molecule has 1 aliphatic rings.